The average Bonchev–Trinajstić information content (AvgIpc) is 2.27. The van der Waals surface area contributed by atoms with Crippen molar-refractivity contribution in [2.24, 2.45) is 0 Å². The lowest BCUT2D eigenvalue weighted by atomic mass is 10.2. The van der Waals surface area contributed by atoms with E-state index in [0.717, 1.165) is 0 Å². The Kier molecular flexibility index (Phi) is 4.42. The summed E-state index contributed by atoms with van der Waals surface area (Å²) in [6.45, 7) is 2.74. The topological polar surface area (TPSA) is 89.7 Å². The van der Waals surface area contributed by atoms with E-state index in [0.29, 0.717) is 0 Å². The van der Waals surface area contributed by atoms with Crippen LogP contribution in [0.3, 0.4) is 0 Å². The number of alkyl halides is 1. The van der Waals surface area contributed by atoms with Gasteiger partial charge in [-0.3, -0.25) is 14.9 Å². The maximum atomic E-state index is 11.6. The molecule has 1 rings (SSSR count). The van der Waals surface area contributed by atoms with Crippen molar-refractivity contribution < 1.29 is 19.6 Å². The van der Waals surface area contributed by atoms with Crippen molar-refractivity contribution in [1.29, 1.82) is 0 Å². The molecule has 0 aliphatic carbocycles. The molecule has 0 amide bonds. The first-order valence-electron chi connectivity index (χ1n) is 5.05. The molecule has 0 aliphatic rings. The van der Waals surface area contributed by atoms with Crippen LogP contribution >= 0.6 is 15.9 Å². The minimum absolute atomic E-state index is 0.0951. The van der Waals surface area contributed by atoms with Crippen molar-refractivity contribution in [3.63, 3.8) is 0 Å². The number of halogens is 1. The van der Waals surface area contributed by atoms with Gasteiger partial charge < -0.3 is 9.84 Å². The second-order valence-corrected chi connectivity index (χ2v) is 6.05. The Balaban J connectivity index is 3.00. The van der Waals surface area contributed by atoms with Gasteiger partial charge in [-0.1, -0.05) is 15.9 Å². The molecule has 1 N–H and O–H groups in total. The minimum Gasteiger partial charge on any atom is -0.425 e. The molecule has 0 saturated carbocycles. The van der Waals surface area contributed by atoms with E-state index in [1.165, 1.54) is 18.2 Å². The van der Waals surface area contributed by atoms with Crippen LogP contribution < -0.4 is 4.74 Å². The van der Waals surface area contributed by atoms with Crippen LogP contribution in [0.5, 0.6) is 5.75 Å². The van der Waals surface area contributed by atoms with Gasteiger partial charge in [-0.2, -0.15) is 0 Å². The summed E-state index contributed by atoms with van der Waals surface area (Å²) in [4.78, 5) is 21.6. The summed E-state index contributed by atoms with van der Waals surface area (Å²) < 4.78 is 4.18. The third kappa shape index (κ3) is 3.51. The number of nitro groups is 1. The Labute approximate surface area is 112 Å². The number of nitrogens with zero attached hydrogens (tertiary/aromatic N) is 1. The number of hydrogen-bond donors (Lipinski definition) is 1. The van der Waals surface area contributed by atoms with Crippen molar-refractivity contribution in [1.82, 2.24) is 0 Å². The van der Waals surface area contributed by atoms with E-state index in [2.05, 4.69) is 15.9 Å². The summed E-state index contributed by atoms with van der Waals surface area (Å²) >= 11 is 3.14. The lowest BCUT2D eigenvalue weighted by Gasteiger charge is -2.14. The van der Waals surface area contributed by atoms with Crippen molar-refractivity contribution >= 4 is 27.6 Å². The summed E-state index contributed by atoms with van der Waals surface area (Å²) in [7, 11) is 0. The summed E-state index contributed by atoms with van der Waals surface area (Å²) in [5, 5.41) is 19.7. The number of esters is 1. The quantitative estimate of drug-likeness (QED) is 0.302. The maximum Gasteiger partial charge on any atom is 0.327 e. The van der Waals surface area contributed by atoms with Gasteiger partial charge in [0.1, 0.15) is 10.1 Å². The molecular weight excluding hydrogens is 306 g/mol. The van der Waals surface area contributed by atoms with Crippen molar-refractivity contribution in [3.8, 4) is 5.75 Å². The van der Waals surface area contributed by atoms with Gasteiger partial charge in [0.25, 0.3) is 5.69 Å². The van der Waals surface area contributed by atoms with Gasteiger partial charge in [-0.15, -0.1) is 0 Å². The summed E-state index contributed by atoms with van der Waals surface area (Å²) in [5.74, 6) is -0.373. The number of ether oxygens (including phenoxy) is 1. The van der Waals surface area contributed by atoms with Crippen LogP contribution in [-0.2, 0) is 11.4 Å². The molecule has 1 aromatic rings. The predicted molar refractivity (Wildman–Crippen MR) is 67.7 cm³/mol. The number of rotatable bonds is 4. The van der Waals surface area contributed by atoms with E-state index < -0.39 is 21.8 Å². The SMILES string of the molecule is CC(C)(Br)C(=O)Oc1ccc([N+](=O)[O-])c(CO)c1. The number of benzene rings is 1. The number of carbonyl (C=O) groups is 1. The zero-order chi connectivity index (χ0) is 13.9. The summed E-state index contributed by atoms with van der Waals surface area (Å²) in [6.07, 6.45) is 0. The molecular formula is C11H12BrNO5. The third-order valence-corrected chi connectivity index (χ3v) is 2.44. The highest BCUT2D eigenvalue weighted by Gasteiger charge is 2.26. The Bertz CT molecular complexity index is 481. The molecule has 0 fully saturated rings. The van der Waals surface area contributed by atoms with E-state index in [4.69, 9.17) is 9.84 Å². The largest absolute Gasteiger partial charge is 0.425 e. The lowest BCUT2D eigenvalue weighted by molar-refractivity contribution is -0.385. The first-order chi connectivity index (χ1) is 8.25. The zero-order valence-electron chi connectivity index (χ0n) is 9.84. The summed E-state index contributed by atoms with van der Waals surface area (Å²) in [6, 6.07) is 3.78. The van der Waals surface area contributed by atoms with Gasteiger partial charge in [0.15, 0.2) is 0 Å². The van der Waals surface area contributed by atoms with Gasteiger partial charge in [0.05, 0.1) is 17.1 Å². The highest BCUT2D eigenvalue weighted by Crippen LogP contribution is 2.26. The van der Waals surface area contributed by atoms with Gasteiger partial charge in [-0.25, -0.2) is 0 Å². The lowest BCUT2D eigenvalue weighted by Crippen LogP contribution is -2.29. The van der Waals surface area contributed by atoms with E-state index in [9.17, 15) is 14.9 Å². The first kappa shape index (κ1) is 14.6. The molecule has 0 heterocycles. The third-order valence-electron chi connectivity index (χ3n) is 2.11. The fraction of sp³-hybridized carbons (Fsp3) is 0.364. The maximum absolute atomic E-state index is 11.6. The van der Waals surface area contributed by atoms with Gasteiger partial charge in [0, 0.05) is 6.07 Å². The Morgan fingerprint density at radius 1 is 1.56 bits per heavy atom. The number of carbonyl (C=O) groups excluding carboxylic acids is 1. The standard InChI is InChI=1S/C11H12BrNO5/c1-11(2,12)10(15)18-8-3-4-9(13(16)17)7(5-8)6-14/h3-5,14H,6H2,1-2H3. The Morgan fingerprint density at radius 2 is 2.17 bits per heavy atom. The van der Waals surface area contributed by atoms with Crippen LogP contribution in [0.25, 0.3) is 0 Å². The van der Waals surface area contributed by atoms with Crippen LogP contribution in [0.4, 0.5) is 5.69 Å². The molecule has 18 heavy (non-hydrogen) atoms. The molecule has 0 aliphatic heterocycles. The fourth-order valence-electron chi connectivity index (χ4n) is 1.16. The number of aliphatic hydroxyl groups is 1. The van der Waals surface area contributed by atoms with E-state index in [1.807, 2.05) is 0 Å². The highest BCUT2D eigenvalue weighted by molar-refractivity contribution is 9.10. The molecule has 0 unspecified atom stereocenters. The van der Waals surface area contributed by atoms with Crippen LogP contribution in [-0.4, -0.2) is 20.3 Å². The molecule has 1 aromatic carbocycles. The second kappa shape index (κ2) is 5.45. The first-order valence-corrected chi connectivity index (χ1v) is 5.84. The molecule has 0 radical (unpaired) electrons. The van der Waals surface area contributed by atoms with Crippen molar-refractivity contribution in [2.45, 2.75) is 24.8 Å². The Hall–Kier alpha value is -1.47. The molecule has 0 saturated heterocycles. The van der Waals surface area contributed by atoms with Gasteiger partial charge in [0.2, 0.25) is 0 Å². The van der Waals surface area contributed by atoms with Gasteiger partial charge >= 0.3 is 5.97 Å². The predicted octanol–water partition coefficient (Wildman–Crippen LogP) is 2.17. The highest BCUT2D eigenvalue weighted by atomic mass is 79.9. The van der Waals surface area contributed by atoms with Crippen LogP contribution in [0.15, 0.2) is 18.2 Å². The smallest absolute Gasteiger partial charge is 0.327 e. The number of hydrogen-bond acceptors (Lipinski definition) is 5. The number of nitro benzene ring substituents is 1. The monoisotopic (exact) mass is 317 g/mol. The van der Waals surface area contributed by atoms with Crippen molar-refractivity contribution in [3.05, 3.63) is 33.9 Å². The normalized spacial score (nSPS) is 11.1. The second-order valence-electron chi connectivity index (χ2n) is 4.07. The molecule has 0 aromatic heterocycles. The molecule has 7 heteroatoms. The zero-order valence-corrected chi connectivity index (χ0v) is 11.4. The van der Waals surface area contributed by atoms with E-state index >= 15 is 0 Å². The fourth-order valence-corrected chi connectivity index (χ4v) is 1.24. The molecule has 6 nitrogen and oxygen atoms in total. The average molecular weight is 318 g/mol. The van der Waals surface area contributed by atoms with E-state index in [1.54, 1.807) is 13.8 Å². The molecule has 0 spiro atoms. The van der Waals surface area contributed by atoms with Crippen LogP contribution in [0.2, 0.25) is 0 Å². The van der Waals surface area contributed by atoms with E-state index in [-0.39, 0.29) is 17.0 Å². The molecule has 0 bridgehead atoms. The van der Waals surface area contributed by atoms with Crippen molar-refractivity contribution in [2.75, 3.05) is 0 Å². The summed E-state index contributed by atoms with van der Waals surface area (Å²) in [5.41, 5.74) is -0.118. The molecule has 98 valence electrons. The number of aliphatic hydroxyl groups excluding tert-OH is 1. The molecule has 0 atom stereocenters. The van der Waals surface area contributed by atoms with Gasteiger partial charge in [-0.05, 0) is 26.0 Å². The Morgan fingerprint density at radius 3 is 2.61 bits per heavy atom. The minimum atomic E-state index is -0.853. The van der Waals surface area contributed by atoms with Crippen LogP contribution in [0, 0.1) is 10.1 Å². The van der Waals surface area contributed by atoms with Crippen LogP contribution in [0.1, 0.15) is 19.4 Å².